The van der Waals surface area contributed by atoms with Gasteiger partial charge in [0, 0.05) is 22.7 Å². The number of thioether (sulfide) groups is 1. The third-order valence-electron chi connectivity index (χ3n) is 5.48. The van der Waals surface area contributed by atoms with E-state index in [1.165, 1.54) is 0 Å². The SMILES string of the molecule is COc1cc(/C=C2\CSC/C(=C\c3cc(OC)c4c(c3)OCCO4)C2=O)cc2c1OCCO2. The Morgan fingerprint density at radius 2 is 1.18 bits per heavy atom. The molecule has 3 heterocycles. The van der Waals surface area contributed by atoms with Crippen LogP contribution in [-0.2, 0) is 4.79 Å². The van der Waals surface area contributed by atoms with E-state index in [0.29, 0.717) is 72.4 Å². The first-order valence-corrected chi connectivity index (χ1v) is 11.8. The molecular formula is C25H24O7S. The molecule has 1 fully saturated rings. The van der Waals surface area contributed by atoms with Crippen LogP contribution < -0.4 is 28.4 Å². The molecule has 0 spiro atoms. The van der Waals surface area contributed by atoms with Crippen LogP contribution in [0.3, 0.4) is 0 Å². The van der Waals surface area contributed by atoms with E-state index in [4.69, 9.17) is 28.4 Å². The number of rotatable bonds is 4. The van der Waals surface area contributed by atoms with Crippen LogP contribution in [0.15, 0.2) is 35.4 Å². The number of fused-ring (bicyclic) bond motifs is 2. The molecule has 3 aliphatic rings. The number of methoxy groups -OCH3 is 2. The number of ether oxygens (including phenoxy) is 6. The Balaban J connectivity index is 1.46. The maximum absolute atomic E-state index is 13.3. The molecule has 2 aromatic rings. The minimum absolute atomic E-state index is 0.0245. The van der Waals surface area contributed by atoms with Crippen LogP contribution in [0, 0.1) is 0 Å². The summed E-state index contributed by atoms with van der Waals surface area (Å²) < 4.78 is 33.7. The highest BCUT2D eigenvalue weighted by molar-refractivity contribution is 7.99. The molecule has 0 atom stereocenters. The van der Waals surface area contributed by atoms with Crippen molar-refractivity contribution in [2.24, 2.45) is 0 Å². The molecule has 0 unspecified atom stereocenters. The summed E-state index contributed by atoms with van der Waals surface area (Å²) in [5.74, 6) is 4.94. The van der Waals surface area contributed by atoms with E-state index in [1.807, 2.05) is 36.4 Å². The first kappa shape index (κ1) is 21.6. The molecule has 2 aromatic carbocycles. The van der Waals surface area contributed by atoms with Crippen molar-refractivity contribution < 1.29 is 33.2 Å². The van der Waals surface area contributed by atoms with Gasteiger partial charge in [0.25, 0.3) is 0 Å². The molecule has 0 saturated carbocycles. The molecule has 8 heteroatoms. The van der Waals surface area contributed by atoms with Gasteiger partial charge in [-0.25, -0.2) is 0 Å². The zero-order chi connectivity index (χ0) is 22.8. The van der Waals surface area contributed by atoms with Crippen molar-refractivity contribution in [1.82, 2.24) is 0 Å². The molecular weight excluding hydrogens is 444 g/mol. The summed E-state index contributed by atoms with van der Waals surface area (Å²) >= 11 is 1.70. The number of hydrogen-bond donors (Lipinski definition) is 0. The summed E-state index contributed by atoms with van der Waals surface area (Å²) in [5, 5.41) is 0. The second-order valence-electron chi connectivity index (χ2n) is 7.66. The molecule has 1 saturated heterocycles. The number of ketones is 1. The van der Waals surface area contributed by atoms with Crippen molar-refractivity contribution in [2.75, 3.05) is 52.2 Å². The smallest absolute Gasteiger partial charge is 0.203 e. The van der Waals surface area contributed by atoms with E-state index in [2.05, 4.69) is 0 Å². The lowest BCUT2D eigenvalue weighted by molar-refractivity contribution is -0.112. The number of carbonyl (C=O) groups is 1. The predicted octanol–water partition coefficient (Wildman–Crippen LogP) is 4.03. The van der Waals surface area contributed by atoms with Crippen LogP contribution in [0.25, 0.3) is 12.2 Å². The maximum atomic E-state index is 13.3. The van der Waals surface area contributed by atoms with Crippen LogP contribution in [-0.4, -0.2) is 57.9 Å². The second kappa shape index (κ2) is 9.31. The lowest BCUT2D eigenvalue weighted by Crippen LogP contribution is -2.17. The summed E-state index contributed by atoms with van der Waals surface area (Å²) in [6.07, 6.45) is 3.79. The van der Waals surface area contributed by atoms with Crippen molar-refractivity contribution in [3.63, 3.8) is 0 Å². The topological polar surface area (TPSA) is 72.5 Å². The van der Waals surface area contributed by atoms with Gasteiger partial charge < -0.3 is 28.4 Å². The Labute approximate surface area is 196 Å². The van der Waals surface area contributed by atoms with Crippen LogP contribution in [0.4, 0.5) is 0 Å². The largest absolute Gasteiger partial charge is 0.493 e. The first-order valence-electron chi connectivity index (χ1n) is 10.6. The van der Waals surface area contributed by atoms with Gasteiger partial charge in [-0.3, -0.25) is 4.79 Å². The number of Topliss-reactive ketones (excluding diaryl/α,β-unsaturated/α-hetero) is 1. The number of benzene rings is 2. The van der Waals surface area contributed by atoms with Gasteiger partial charge in [-0.15, -0.1) is 0 Å². The number of hydrogen-bond acceptors (Lipinski definition) is 8. The van der Waals surface area contributed by atoms with Gasteiger partial charge in [-0.1, -0.05) is 0 Å². The van der Waals surface area contributed by atoms with Crippen molar-refractivity contribution in [2.45, 2.75) is 0 Å². The van der Waals surface area contributed by atoms with E-state index < -0.39 is 0 Å². The van der Waals surface area contributed by atoms with Gasteiger partial charge in [0.1, 0.15) is 26.4 Å². The van der Waals surface area contributed by atoms with Gasteiger partial charge in [0.05, 0.1) is 14.2 Å². The van der Waals surface area contributed by atoms with E-state index >= 15 is 0 Å². The predicted molar refractivity (Wildman–Crippen MR) is 126 cm³/mol. The van der Waals surface area contributed by atoms with Gasteiger partial charge >= 0.3 is 0 Å². The molecule has 5 rings (SSSR count). The lowest BCUT2D eigenvalue weighted by atomic mass is 10.00. The summed E-state index contributed by atoms with van der Waals surface area (Å²) in [6, 6.07) is 7.49. The summed E-state index contributed by atoms with van der Waals surface area (Å²) in [6.45, 7) is 1.93. The molecule has 0 bridgehead atoms. The van der Waals surface area contributed by atoms with E-state index in [0.717, 1.165) is 22.3 Å². The third kappa shape index (κ3) is 4.35. The lowest BCUT2D eigenvalue weighted by Gasteiger charge is -2.22. The zero-order valence-electron chi connectivity index (χ0n) is 18.5. The van der Waals surface area contributed by atoms with Crippen LogP contribution >= 0.6 is 11.8 Å². The van der Waals surface area contributed by atoms with Gasteiger partial charge in [-0.05, 0) is 47.5 Å². The molecule has 0 amide bonds. The van der Waals surface area contributed by atoms with Crippen LogP contribution in [0.1, 0.15) is 11.1 Å². The Kier molecular flexibility index (Phi) is 6.09. The average molecular weight is 469 g/mol. The van der Waals surface area contributed by atoms with Crippen molar-refractivity contribution in [3.05, 3.63) is 46.5 Å². The zero-order valence-corrected chi connectivity index (χ0v) is 19.3. The van der Waals surface area contributed by atoms with Crippen molar-refractivity contribution in [1.29, 1.82) is 0 Å². The first-order chi connectivity index (χ1) is 16.2. The minimum atomic E-state index is 0.0245. The fourth-order valence-electron chi connectivity index (χ4n) is 3.98. The molecule has 33 heavy (non-hydrogen) atoms. The van der Waals surface area contributed by atoms with E-state index in [1.54, 1.807) is 26.0 Å². The quantitative estimate of drug-likeness (QED) is 0.623. The Bertz CT molecular complexity index is 1030. The maximum Gasteiger partial charge on any atom is 0.203 e. The molecule has 3 aliphatic heterocycles. The van der Waals surface area contributed by atoms with Gasteiger partial charge in [0.15, 0.2) is 28.8 Å². The third-order valence-corrected chi connectivity index (χ3v) is 6.51. The molecule has 0 radical (unpaired) electrons. The van der Waals surface area contributed by atoms with Crippen molar-refractivity contribution in [3.8, 4) is 34.5 Å². The molecule has 0 aliphatic carbocycles. The van der Waals surface area contributed by atoms with Gasteiger partial charge in [-0.2, -0.15) is 11.8 Å². The highest BCUT2D eigenvalue weighted by atomic mass is 32.2. The highest BCUT2D eigenvalue weighted by Crippen LogP contribution is 2.42. The molecule has 172 valence electrons. The summed E-state index contributed by atoms with van der Waals surface area (Å²) in [7, 11) is 3.18. The molecule has 0 N–H and O–H groups in total. The van der Waals surface area contributed by atoms with Crippen LogP contribution in [0.2, 0.25) is 0 Å². The Morgan fingerprint density at radius 1 is 0.727 bits per heavy atom. The van der Waals surface area contributed by atoms with Gasteiger partial charge in [0.2, 0.25) is 11.5 Å². The minimum Gasteiger partial charge on any atom is -0.493 e. The van der Waals surface area contributed by atoms with E-state index in [9.17, 15) is 4.79 Å². The normalized spacial score (nSPS) is 19.5. The fourth-order valence-corrected chi connectivity index (χ4v) is 4.95. The Hall–Kier alpha value is -3.26. The van der Waals surface area contributed by atoms with Crippen LogP contribution in [0.5, 0.6) is 34.5 Å². The average Bonchev–Trinajstić information content (AvgIpc) is 2.85. The monoisotopic (exact) mass is 468 g/mol. The molecule has 0 aromatic heterocycles. The highest BCUT2D eigenvalue weighted by Gasteiger charge is 2.24. The standard InChI is InChI=1S/C25H24O7S/c1-27-19-9-15(11-21-24(19)31-5-3-29-21)7-17-13-33-14-18(23(17)26)8-16-10-20(28-2)25-22(12-16)30-4-6-32-25/h7-12H,3-6,13-14H2,1-2H3/b17-7+,18-8+. The summed E-state index contributed by atoms with van der Waals surface area (Å²) in [4.78, 5) is 13.3. The fraction of sp³-hybridized carbons (Fsp3) is 0.320. The van der Waals surface area contributed by atoms with Crippen molar-refractivity contribution >= 4 is 29.7 Å². The number of carbonyl (C=O) groups excluding carboxylic acids is 1. The second-order valence-corrected chi connectivity index (χ2v) is 8.64. The Morgan fingerprint density at radius 3 is 1.64 bits per heavy atom. The van der Waals surface area contributed by atoms with E-state index in [-0.39, 0.29) is 5.78 Å². The summed E-state index contributed by atoms with van der Waals surface area (Å²) in [5.41, 5.74) is 3.12. The molecule has 7 nitrogen and oxygen atoms in total.